The van der Waals surface area contributed by atoms with Gasteiger partial charge in [-0.15, -0.1) is 6.82 Å². The molecule has 9 heteroatoms. The molecule has 70 valence electrons. The van der Waals surface area contributed by atoms with Gasteiger partial charge in [0.2, 0.25) is 0 Å². The first-order valence-electron chi connectivity index (χ1n) is 4.98. The molecular formula is C7H11B7N2. The van der Waals surface area contributed by atoms with E-state index in [4.69, 9.17) is 42.4 Å². The highest BCUT2D eigenvalue weighted by atomic mass is 14.6. The van der Waals surface area contributed by atoms with Crippen molar-refractivity contribution >= 4 is 61.6 Å². The molecule has 0 aliphatic heterocycles. The summed E-state index contributed by atoms with van der Waals surface area (Å²) in [6.45, 7) is 1.80. The quantitative estimate of drug-likeness (QED) is 0.462. The van der Waals surface area contributed by atoms with Crippen LogP contribution in [0.4, 0.5) is 11.4 Å². The van der Waals surface area contributed by atoms with Gasteiger partial charge in [0, 0.05) is 61.6 Å². The molecule has 0 atom stereocenters. The number of hydrogen-bond donors (Lipinski definition) is 2. The van der Waals surface area contributed by atoms with Crippen molar-refractivity contribution in [2.45, 2.75) is 6.82 Å². The van der Waals surface area contributed by atoms with Crippen molar-refractivity contribution in [1.29, 1.82) is 0 Å². The minimum absolute atomic E-state index is 0.0185. The fourth-order valence-electron chi connectivity index (χ4n) is 0.753. The van der Waals surface area contributed by atoms with E-state index in [0.717, 1.165) is 11.4 Å². The molecule has 16 heavy (non-hydrogen) atoms. The summed E-state index contributed by atoms with van der Waals surface area (Å²) in [5, 5.41) is 0. The Labute approximate surface area is 104 Å². The smallest absolute Gasteiger partial charge is 0.0413 e. The molecule has 0 bridgehead atoms. The van der Waals surface area contributed by atoms with Gasteiger partial charge in [-0.2, -0.15) is 0 Å². The predicted molar refractivity (Wildman–Crippen MR) is 81.4 cm³/mol. The molecule has 0 saturated heterocycles. The summed E-state index contributed by atoms with van der Waals surface area (Å²) in [6, 6.07) is 7.09. The summed E-state index contributed by atoms with van der Waals surface area (Å²) in [4.78, 5) is 0. The van der Waals surface area contributed by atoms with E-state index in [1.807, 2.05) is 6.82 Å². The van der Waals surface area contributed by atoms with Gasteiger partial charge in [-0.05, 0) is 24.3 Å². The highest BCUT2D eigenvalue weighted by molar-refractivity contribution is 7.81. The molecule has 0 aliphatic rings. The molecule has 0 spiro atoms. The van der Waals surface area contributed by atoms with Gasteiger partial charge in [0.25, 0.3) is 0 Å². The third-order valence-corrected chi connectivity index (χ3v) is 2.15. The summed E-state index contributed by atoms with van der Waals surface area (Å²) in [5.41, 5.74) is 12.2. The van der Waals surface area contributed by atoms with Crippen molar-refractivity contribution in [3.8, 4) is 0 Å². The third-order valence-electron chi connectivity index (χ3n) is 2.15. The van der Waals surface area contributed by atoms with Gasteiger partial charge >= 0.3 is 0 Å². The van der Waals surface area contributed by atoms with Gasteiger partial charge in [0.1, 0.15) is 0 Å². The van der Waals surface area contributed by atoms with E-state index in [1.165, 1.54) is 0 Å². The molecular weight excluding hydrogens is 188 g/mol. The van der Waals surface area contributed by atoms with E-state index in [0.29, 0.717) is 0 Å². The Morgan fingerprint density at radius 3 is 1.19 bits per heavy atom. The molecule has 1 aromatic carbocycles. The molecule has 4 N–H and O–H groups in total. The summed E-state index contributed by atoms with van der Waals surface area (Å²) in [5.74, 6) is 0. The van der Waals surface area contributed by atoms with Crippen molar-refractivity contribution in [3.63, 3.8) is 0 Å². The topological polar surface area (TPSA) is 52.0 Å². The van der Waals surface area contributed by atoms with Crippen molar-refractivity contribution in [1.82, 2.24) is 0 Å². The fourth-order valence-corrected chi connectivity index (χ4v) is 0.753. The van der Waals surface area contributed by atoms with E-state index >= 15 is 0 Å². The first-order valence-corrected chi connectivity index (χ1v) is 4.98. The number of rotatable bonds is 2. The lowest BCUT2D eigenvalue weighted by Crippen LogP contribution is -2.48. The number of nitrogen functional groups attached to an aromatic ring is 2. The van der Waals surface area contributed by atoms with Crippen LogP contribution in [0.1, 0.15) is 0 Å². The number of benzene rings is 1. The maximum absolute atomic E-state index is 5.37. The average molecular weight is 199 g/mol. The number of nitrogens with two attached hydrogens (primary N) is 2. The van der Waals surface area contributed by atoms with Crippen LogP contribution in [0.15, 0.2) is 24.3 Å². The minimum Gasteiger partial charge on any atom is -0.399 e. The van der Waals surface area contributed by atoms with Crippen molar-refractivity contribution in [2.75, 3.05) is 11.5 Å². The van der Waals surface area contributed by atoms with Gasteiger partial charge in [0.15, 0.2) is 0 Å². The van der Waals surface area contributed by atoms with Crippen LogP contribution in [-0.4, -0.2) is 50.2 Å². The molecule has 0 aromatic heterocycles. The van der Waals surface area contributed by atoms with Gasteiger partial charge in [-0.25, -0.2) is 0 Å². The summed E-state index contributed by atoms with van der Waals surface area (Å²) >= 11 is 0. The van der Waals surface area contributed by atoms with Gasteiger partial charge in [-0.3, -0.25) is 0 Å². The van der Waals surface area contributed by atoms with Crippen LogP contribution in [0, 0.1) is 0 Å². The Morgan fingerprint density at radius 2 is 1.06 bits per heavy atom. The molecule has 0 amide bonds. The average Bonchev–Trinajstić information content (AvgIpc) is 2.22. The van der Waals surface area contributed by atoms with Crippen LogP contribution in [0.3, 0.4) is 0 Å². The van der Waals surface area contributed by atoms with Gasteiger partial charge < -0.3 is 11.5 Å². The summed E-state index contributed by atoms with van der Waals surface area (Å²) in [7, 11) is 21.0. The van der Waals surface area contributed by atoms with E-state index in [1.54, 1.807) is 24.3 Å². The van der Waals surface area contributed by atoms with Crippen LogP contribution in [0.5, 0.6) is 0 Å². The molecule has 0 saturated carbocycles. The monoisotopic (exact) mass is 200 g/mol. The zero-order chi connectivity index (χ0) is 12.7. The molecule has 1 rings (SSSR count). The zero-order valence-electron chi connectivity index (χ0n) is 9.51. The SMILES string of the molecule is Nc1ccc(N)cc1.[B]B([B])B(C)B([B])[B]. The van der Waals surface area contributed by atoms with E-state index in [-0.39, 0.29) is 6.49 Å². The summed E-state index contributed by atoms with van der Waals surface area (Å²) < 4.78 is 0. The zero-order valence-corrected chi connectivity index (χ0v) is 9.51. The maximum Gasteiger partial charge on any atom is 0.0413 e. The normalized spacial score (nSPS) is 8.56. The number of hydrogen-bond acceptors (Lipinski definition) is 2. The lowest BCUT2D eigenvalue weighted by atomic mass is 8.73. The highest BCUT2D eigenvalue weighted by Crippen LogP contribution is 2.04. The molecule has 0 heterocycles. The van der Waals surface area contributed by atoms with E-state index in [9.17, 15) is 0 Å². The third kappa shape index (κ3) is 6.70. The second-order valence-electron chi connectivity index (χ2n) is 3.68. The molecule has 1 aromatic rings. The Kier molecular flexibility index (Phi) is 7.19. The largest absolute Gasteiger partial charge is 0.399 e. The first kappa shape index (κ1) is 15.3. The Bertz CT molecular complexity index is 260. The fraction of sp³-hybridized carbons (Fsp3) is 0.143. The molecule has 0 aliphatic carbocycles. The lowest BCUT2D eigenvalue weighted by molar-refractivity contribution is 1.67. The summed E-state index contributed by atoms with van der Waals surface area (Å²) in [6.07, 6.45) is -0.815. The van der Waals surface area contributed by atoms with Crippen LogP contribution < -0.4 is 11.5 Å². The lowest BCUT2D eigenvalue weighted by Gasteiger charge is -2.13. The second-order valence-corrected chi connectivity index (χ2v) is 3.68. The van der Waals surface area contributed by atoms with Crippen molar-refractivity contribution < 1.29 is 0 Å². The molecule has 8 radical (unpaired) electrons. The van der Waals surface area contributed by atoms with Crippen molar-refractivity contribution in [3.05, 3.63) is 24.3 Å². The van der Waals surface area contributed by atoms with Gasteiger partial charge in [-0.1, -0.05) is 0 Å². The Morgan fingerprint density at radius 1 is 0.812 bits per heavy atom. The molecule has 0 unspecified atom stereocenters. The Hall–Kier alpha value is -0.725. The standard InChI is InChI=1S/C6H8N2.CH3B7/c7-5-1-2-6(8)4-3-5;1-6(7(2)3)8(4)5/h1-4H,7-8H2;1H3. The maximum atomic E-state index is 5.37. The van der Waals surface area contributed by atoms with Crippen LogP contribution in [0.25, 0.3) is 0 Å². The van der Waals surface area contributed by atoms with Gasteiger partial charge in [0.05, 0.1) is 0 Å². The van der Waals surface area contributed by atoms with E-state index in [2.05, 4.69) is 0 Å². The van der Waals surface area contributed by atoms with Crippen LogP contribution in [0.2, 0.25) is 6.82 Å². The van der Waals surface area contributed by atoms with Crippen LogP contribution in [-0.2, 0) is 0 Å². The van der Waals surface area contributed by atoms with E-state index < -0.39 is 12.8 Å². The minimum atomic E-state index is -0.407. The highest BCUT2D eigenvalue weighted by Gasteiger charge is 2.15. The first-order chi connectivity index (χ1) is 7.34. The van der Waals surface area contributed by atoms with Crippen LogP contribution >= 0.6 is 0 Å². The Balaban J connectivity index is 0.000000281. The predicted octanol–water partition coefficient (Wildman–Crippen LogP) is -1.23. The second kappa shape index (κ2) is 7.53. The molecule has 0 fully saturated rings. The number of anilines is 2. The molecule has 2 nitrogen and oxygen atoms in total. The van der Waals surface area contributed by atoms with Crippen molar-refractivity contribution in [2.24, 2.45) is 0 Å².